The van der Waals surface area contributed by atoms with Crippen LogP contribution in [0, 0.1) is 0 Å². The Hall–Kier alpha value is -2.19. The summed E-state index contributed by atoms with van der Waals surface area (Å²) in [5, 5.41) is 0.452. The Balaban J connectivity index is 1.80. The highest BCUT2D eigenvalue weighted by Gasteiger charge is 2.16. The molecular formula is C15H16N4O2S2. The summed E-state index contributed by atoms with van der Waals surface area (Å²) in [6.45, 7) is 1.75. The van der Waals surface area contributed by atoms with E-state index in [0.717, 1.165) is 5.03 Å². The minimum atomic E-state index is -0.453. The quantitative estimate of drug-likeness (QED) is 0.436. The number of rotatable bonds is 5. The van der Waals surface area contributed by atoms with Gasteiger partial charge in [-0.05, 0) is 42.0 Å². The van der Waals surface area contributed by atoms with Crippen molar-refractivity contribution >= 4 is 39.1 Å². The van der Waals surface area contributed by atoms with Gasteiger partial charge < -0.3 is 5.73 Å². The van der Waals surface area contributed by atoms with Crippen LogP contribution in [0.5, 0.6) is 0 Å². The fourth-order valence-corrected chi connectivity index (χ4v) is 3.47. The van der Waals surface area contributed by atoms with E-state index >= 15 is 0 Å². The topological polar surface area (TPSA) is 97.1 Å². The molecule has 0 spiro atoms. The van der Waals surface area contributed by atoms with Crippen molar-refractivity contribution in [2.75, 3.05) is 5.73 Å². The molecule has 0 fully saturated rings. The van der Waals surface area contributed by atoms with Crippen molar-refractivity contribution in [1.82, 2.24) is 15.8 Å². The summed E-state index contributed by atoms with van der Waals surface area (Å²) in [6.07, 6.45) is 1.69. The number of para-hydroxylation sites is 1. The number of aromatic nitrogens is 1. The van der Waals surface area contributed by atoms with Crippen molar-refractivity contribution in [3.63, 3.8) is 0 Å². The zero-order chi connectivity index (χ0) is 16.7. The van der Waals surface area contributed by atoms with Crippen LogP contribution in [0.25, 0.3) is 0 Å². The van der Waals surface area contributed by atoms with Crippen LogP contribution < -0.4 is 16.6 Å². The standard InChI is InChI=1S/C15H16N4O2S2/c1-10(22-23-13-8-4-5-9-17-13)14(20)18-19-15(21)11-6-2-3-7-12(11)16/h2-10H,16H2,1H3,(H,18,20)(H,19,21). The number of hydrogen-bond acceptors (Lipinski definition) is 6. The molecule has 1 heterocycles. The van der Waals surface area contributed by atoms with Crippen LogP contribution >= 0.6 is 21.6 Å². The maximum Gasteiger partial charge on any atom is 0.271 e. The third-order valence-electron chi connectivity index (χ3n) is 2.79. The molecule has 8 heteroatoms. The van der Waals surface area contributed by atoms with E-state index in [1.54, 1.807) is 37.4 Å². The number of carbonyl (C=O) groups is 2. The Kier molecular flexibility index (Phi) is 6.30. The molecule has 23 heavy (non-hydrogen) atoms. The molecule has 2 aromatic rings. The van der Waals surface area contributed by atoms with Crippen LogP contribution in [-0.2, 0) is 4.79 Å². The Morgan fingerprint density at radius 2 is 1.87 bits per heavy atom. The molecule has 2 rings (SSSR count). The van der Waals surface area contributed by atoms with Gasteiger partial charge in [0.25, 0.3) is 11.8 Å². The smallest absolute Gasteiger partial charge is 0.271 e. The Morgan fingerprint density at radius 3 is 2.57 bits per heavy atom. The highest BCUT2D eigenvalue weighted by molar-refractivity contribution is 8.77. The van der Waals surface area contributed by atoms with Crippen molar-refractivity contribution in [3.05, 3.63) is 54.2 Å². The summed E-state index contributed by atoms with van der Waals surface area (Å²) >= 11 is 0. The average Bonchev–Trinajstić information content (AvgIpc) is 2.58. The van der Waals surface area contributed by atoms with Gasteiger partial charge in [-0.1, -0.05) is 29.0 Å². The Labute approximate surface area is 142 Å². The van der Waals surface area contributed by atoms with Crippen LogP contribution in [0.2, 0.25) is 0 Å². The van der Waals surface area contributed by atoms with Gasteiger partial charge in [0.05, 0.1) is 10.8 Å². The predicted octanol–water partition coefficient (Wildman–Crippen LogP) is 2.25. The van der Waals surface area contributed by atoms with Crippen LogP contribution in [0.1, 0.15) is 17.3 Å². The number of benzene rings is 1. The molecule has 1 atom stereocenters. The average molecular weight is 348 g/mol. The minimum absolute atomic E-state index is 0.304. The van der Waals surface area contributed by atoms with Gasteiger partial charge in [0.2, 0.25) is 0 Å². The number of hydrazine groups is 1. The van der Waals surface area contributed by atoms with Gasteiger partial charge >= 0.3 is 0 Å². The Bertz CT molecular complexity index is 682. The molecule has 2 amide bonds. The number of anilines is 1. The Morgan fingerprint density at radius 1 is 1.13 bits per heavy atom. The first-order chi connectivity index (χ1) is 11.1. The first-order valence-electron chi connectivity index (χ1n) is 6.77. The van der Waals surface area contributed by atoms with Crippen molar-refractivity contribution in [3.8, 4) is 0 Å². The van der Waals surface area contributed by atoms with Gasteiger partial charge in [-0.2, -0.15) is 0 Å². The molecule has 0 radical (unpaired) electrons. The molecular weight excluding hydrogens is 332 g/mol. The largest absolute Gasteiger partial charge is 0.398 e. The molecule has 0 bridgehead atoms. The molecule has 0 aliphatic carbocycles. The van der Waals surface area contributed by atoms with E-state index < -0.39 is 5.91 Å². The van der Waals surface area contributed by atoms with Gasteiger partial charge in [0.1, 0.15) is 5.03 Å². The molecule has 6 nitrogen and oxygen atoms in total. The fraction of sp³-hybridized carbons (Fsp3) is 0.133. The number of nitrogens with two attached hydrogens (primary N) is 1. The summed E-state index contributed by atoms with van der Waals surface area (Å²) in [6, 6.07) is 12.2. The van der Waals surface area contributed by atoms with E-state index in [9.17, 15) is 9.59 Å². The van der Waals surface area contributed by atoms with Gasteiger partial charge in [0, 0.05) is 11.9 Å². The van der Waals surface area contributed by atoms with Crippen molar-refractivity contribution in [2.45, 2.75) is 17.2 Å². The number of nitrogens with zero attached hydrogens (tertiary/aromatic N) is 1. The maximum absolute atomic E-state index is 12.0. The van der Waals surface area contributed by atoms with Crippen molar-refractivity contribution in [2.24, 2.45) is 0 Å². The van der Waals surface area contributed by atoms with Gasteiger partial charge in [-0.3, -0.25) is 20.4 Å². The second-order valence-corrected chi connectivity index (χ2v) is 7.08. The third-order valence-corrected chi connectivity index (χ3v) is 5.47. The van der Waals surface area contributed by atoms with Gasteiger partial charge in [-0.15, -0.1) is 0 Å². The summed E-state index contributed by atoms with van der Waals surface area (Å²) < 4.78 is 0. The third kappa shape index (κ3) is 5.19. The maximum atomic E-state index is 12.0. The van der Waals surface area contributed by atoms with E-state index in [-0.39, 0.29) is 11.2 Å². The monoisotopic (exact) mass is 348 g/mol. The lowest BCUT2D eigenvalue weighted by atomic mass is 10.2. The second-order valence-electron chi connectivity index (χ2n) is 4.52. The fourth-order valence-electron chi connectivity index (χ4n) is 1.55. The number of amides is 2. The van der Waals surface area contributed by atoms with Crippen molar-refractivity contribution in [1.29, 1.82) is 0 Å². The van der Waals surface area contributed by atoms with Crippen LogP contribution in [0.4, 0.5) is 5.69 Å². The molecule has 4 N–H and O–H groups in total. The second kappa shape index (κ2) is 8.44. The summed E-state index contributed by atoms with van der Waals surface area (Å²) in [5.74, 6) is -0.757. The molecule has 1 aromatic carbocycles. The van der Waals surface area contributed by atoms with Crippen LogP contribution in [0.15, 0.2) is 53.7 Å². The van der Waals surface area contributed by atoms with E-state index in [2.05, 4.69) is 15.8 Å². The number of nitrogens with one attached hydrogen (secondary N) is 2. The predicted molar refractivity (Wildman–Crippen MR) is 93.6 cm³/mol. The number of nitrogen functional groups attached to an aromatic ring is 1. The molecule has 0 saturated carbocycles. The van der Waals surface area contributed by atoms with E-state index in [4.69, 9.17) is 5.73 Å². The molecule has 120 valence electrons. The first-order valence-corrected chi connectivity index (χ1v) is 8.98. The number of carbonyl (C=O) groups excluding carboxylic acids is 2. The summed E-state index contributed by atoms with van der Waals surface area (Å²) in [7, 11) is 2.76. The van der Waals surface area contributed by atoms with E-state index in [1.165, 1.54) is 21.6 Å². The molecule has 1 unspecified atom stereocenters. The lowest BCUT2D eigenvalue weighted by Crippen LogP contribution is -2.44. The lowest BCUT2D eigenvalue weighted by Gasteiger charge is -2.12. The summed E-state index contributed by atoms with van der Waals surface area (Å²) in [4.78, 5) is 28.1. The molecule has 1 aromatic heterocycles. The molecule has 0 aliphatic heterocycles. The zero-order valence-electron chi connectivity index (χ0n) is 12.4. The van der Waals surface area contributed by atoms with Crippen LogP contribution in [-0.4, -0.2) is 22.0 Å². The normalized spacial score (nSPS) is 11.5. The number of hydrogen-bond donors (Lipinski definition) is 3. The van der Waals surface area contributed by atoms with Crippen molar-refractivity contribution < 1.29 is 9.59 Å². The molecule has 0 saturated heterocycles. The van der Waals surface area contributed by atoms with Crippen LogP contribution in [0.3, 0.4) is 0 Å². The zero-order valence-corrected chi connectivity index (χ0v) is 14.0. The first kappa shape index (κ1) is 17.2. The van der Waals surface area contributed by atoms with Gasteiger partial charge in [0.15, 0.2) is 0 Å². The van der Waals surface area contributed by atoms with E-state index in [0.29, 0.717) is 11.3 Å². The summed E-state index contributed by atoms with van der Waals surface area (Å²) in [5.41, 5.74) is 11.1. The van der Waals surface area contributed by atoms with E-state index in [1.807, 2.05) is 18.2 Å². The number of pyridine rings is 1. The SMILES string of the molecule is CC(SSc1ccccn1)C(=O)NNC(=O)c1ccccc1N. The van der Waals surface area contributed by atoms with Gasteiger partial charge in [-0.25, -0.2) is 4.98 Å². The highest BCUT2D eigenvalue weighted by Crippen LogP contribution is 2.32. The minimum Gasteiger partial charge on any atom is -0.398 e. The highest BCUT2D eigenvalue weighted by atomic mass is 33.1. The lowest BCUT2D eigenvalue weighted by molar-refractivity contribution is -0.121. The molecule has 0 aliphatic rings.